The lowest BCUT2D eigenvalue weighted by molar-refractivity contribution is -0.275. The molecule has 1 fully saturated rings. The Morgan fingerprint density at radius 1 is 0.889 bits per heavy atom. The van der Waals surface area contributed by atoms with Gasteiger partial charge < -0.3 is 24.3 Å². The average molecular weight is 406 g/mol. The molecular formula is C18H19ClF3NO4. The lowest BCUT2D eigenvalue weighted by Crippen LogP contribution is -2.50. The second kappa shape index (κ2) is 8.58. The molecule has 5 nitrogen and oxygen atoms in total. The SMILES string of the molecule is COc1cc(OC)cc(-c2ccc(OC3CNC3)c(OC(F)(F)F)c2)c1.Cl. The van der Waals surface area contributed by atoms with Gasteiger partial charge in [0.2, 0.25) is 0 Å². The third kappa shape index (κ3) is 5.33. The molecular weight excluding hydrogens is 387 g/mol. The van der Waals surface area contributed by atoms with Crippen molar-refractivity contribution in [1.82, 2.24) is 5.32 Å². The second-order valence-corrected chi connectivity index (χ2v) is 5.71. The Kier molecular flexibility index (Phi) is 6.67. The molecule has 1 saturated heterocycles. The zero-order valence-electron chi connectivity index (χ0n) is 14.6. The molecule has 1 N–H and O–H groups in total. The number of alkyl halides is 3. The van der Waals surface area contributed by atoms with Crippen molar-refractivity contribution in [3.8, 4) is 34.1 Å². The van der Waals surface area contributed by atoms with Gasteiger partial charge in [-0.25, -0.2) is 0 Å². The number of hydrogen-bond acceptors (Lipinski definition) is 5. The van der Waals surface area contributed by atoms with Crippen LogP contribution in [-0.4, -0.2) is 39.8 Å². The fourth-order valence-corrected chi connectivity index (χ4v) is 2.49. The zero-order chi connectivity index (χ0) is 18.7. The molecule has 3 rings (SSSR count). The van der Waals surface area contributed by atoms with Crippen LogP contribution in [-0.2, 0) is 0 Å². The van der Waals surface area contributed by atoms with E-state index < -0.39 is 6.36 Å². The maximum absolute atomic E-state index is 12.8. The second-order valence-electron chi connectivity index (χ2n) is 5.71. The highest BCUT2D eigenvalue weighted by molar-refractivity contribution is 5.85. The number of ether oxygens (including phenoxy) is 4. The van der Waals surface area contributed by atoms with E-state index in [0.29, 0.717) is 35.7 Å². The van der Waals surface area contributed by atoms with Gasteiger partial charge in [-0.05, 0) is 35.4 Å². The van der Waals surface area contributed by atoms with Gasteiger partial charge in [-0.15, -0.1) is 25.6 Å². The van der Waals surface area contributed by atoms with E-state index in [1.807, 2.05) is 0 Å². The zero-order valence-corrected chi connectivity index (χ0v) is 15.4. The Morgan fingerprint density at radius 2 is 1.52 bits per heavy atom. The van der Waals surface area contributed by atoms with Gasteiger partial charge >= 0.3 is 6.36 Å². The van der Waals surface area contributed by atoms with Gasteiger partial charge in [0.05, 0.1) is 14.2 Å². The van der Waals surface area contributed by atoms with Crippen molar-refractivity contribution in [3.63, 3.8) is 0 Å². The van der Waals surface area contributed by atoms with Gasteiger partial charge in [-0.2, -0.15) is 0 Å². The van der Waals surface area contributed by atoms with Crippen LogP contribution in [0.3, 0.4) is 0 Å². The minimum absolute atomic E-state index is 0. The topological polar surface area (TPSA) is 49.0 Å². The molecule has 2 aromatic rings. The maximum atomic E-state index is 12.8. The molecule has 0 atom stereocenters. The number of hydrogen-bond donors (Lipinski definition) is 1. The smallest absolute Gasteiger partial charge is 0.497 e. The summed E-state index contributed by atoms with van der Waals surface area (Å²) in [6.07, 6.45) is -4.99. The number of methoxy groups -OCH3 is 2. The summed E-state index contributed by atoms with van der Waals surface area (Å²) < 4.78 is 58.5. The fourth-order valence-electron chi connectivity index (χ4n) is 2.49. The third-order valence-electron chi connectivity index (χ3n) is 3.89. The molecule has 0 aliphatic carbocycles. The summed E-state index contributed by atoms with van der Waals surface area (Å²) >= 11 is 0. The highest BCUT2D eigenvalue weighted by atomic mass is 35.5. The minimum atomic E-state index is -4.82. The van der Waals surface area contributed by atoms with Crippen molar-refractivity contribution < 1.29 is 32.1 Å². The van der Waals surface area contributed by atoms with Gasteiger partial charge in [0.15, 0.2) is 11.5 Å². The summed E-state index contributed by atoms with van der Waals surface area (Å²) in [4.78, 5) is 0. The van der Waals surface area contributed by atoms with E-state index in [1.165, 1.54) is 26.4 Å². The van der Waals surface area contributed by atoms with Crippen molar-refractivity contribution in [1.29, 1.82) is 0 Å². The van der Waals surface area contributed by atoms with E-state index in [2.05, 4.69) is 10.1 Å². The molecule has 0 bridgehead atoms. The quantitative estimate of drug-likeness (QED) is 0.786. The van der Waals surface area contributed by atoms with E-state index in [9.17, 15) is 13.2 Å². The van der Waals surface area contributed by atoms with Crippen LogP contribution < -0.4 is 24.3 Å². The van der Waals surface area contributed by atoms with Gasteiger partial charge in [0.25, 0.3) is 0 Å². The largest absolute Gasteiger partial charge is 0.573 e. The van der Waals surface area contributed by atoms with Crippen LogP contribution in [0.2, 0.25) is 0 Å². The van der Waals surface area contributed by atoms with Crippen LogP contribution in [0.4, 0.5) is 13.2 Å². The highest BCUT2D eigenvalue weighted by Gasteiger charge is 2.33. The lowest BCUT2D eigenvalue weighted by Gasteiger charge is -2.28. The van der Waals surface area contributed by atoms with Crippen molar-refractivity contribution in [2.75, 3.05) is 27.3 Å². The summed E-state index contributed by atoms with van der Waals surface area (Å²) in [6.45, 7) is 1.17. The minimum Gasteiger partial charge on any atom is -0.497 e. The van der Waals surface area contributed by atoms with Gasteiger partial charge in [-0.1, -0.05) is 6.07 Å². The molecule has 0 spiro atoms. The van der Waals surface area contributed by atoms with Crippen molar-refractivity contribution >= 4 is 12.4 Å². The lowest BCUT2D eigenvalue weighted by atomic mass is 10.0. The molecule has 148 valence electrons. The standard InChI is InChI=1S/C18H18F3NO4.ClH/c1-23-13-5-12(6-14(8-13)24-2)11-3-4-16(25-15-9-22-10-15)17(7-11)26-18(19,20)21;/h3-8,15,22H,9-10H2,1-2H3;1H. The predicted octanol–water partition coefficient (Wildman–Crippen LogP) is 4.04. The Morgan fingerprint density at radius 3 is 2.00 bits per heavy atom. The van der Waals surface area contributed by atoms with Gasteiger partial charge in [0, 0.05) is 19.2 Å². The Labute approximate surface area is 160 Å². The molecule has 27 heavy (non-hydrogen) atoms. The summed E-state index contributed by atoms with van der Waals surface area (Å²) in [5, 5.41) is 3.00. The van der Waals surface area contributed by atoms with Crippen molar-refractivity contribution in [2.45, 2.75) is 12.5 Å². The Bertz CT molecular complexity index is 759. The molecule has 9 heteroatoms. The highest BCUT2D eigenvalue weighted by Crippen LogP contribution is 2.38. The van der Waals surface area contributed by atoms with Crippen LogP contribution >= 0.6 is 12.4 Å². The molecule has 1 aliphatic rings. The third-order valence-corrected chi connectivity index (χ3v) is 3.89. The summed E-state index contributed by atoms with van der Waals surface area (Å²) in [5.41, 5.74) is 1.14. The first-order chi connectivity index (χ1) is 12.4. The van der Waals surface area contributed by atoms with E-state index in [-0.39, 0.29) is 30.0 Å². The summed E-state index contributed by atoms with van der Waals surface area (Å²) in [6, 6.07) is 9.51. The van der Waals surface area contributed by atoms with E-state index >= 15 is 0 Å². The van der Waals surface area contributed by atoms with Crippen LogP contribution in [0.5, 0.6) is 23.0 Å². The Balaban J connectivity index is 0.00000261. The molecule has 0 radical (unpaired) electrons. The van der Waals surface area contributed by atoms with E-state index in [1.54, 1.807) is 24.3 Å². The van der Waals surface area contributed by atoms with Crippen molar-refractivity contribution in [3.05, 3.63) is 36.4 Å². The summed E-state index contributed by atoms with van der Waals surface area (Å²) in [5.74, 6) is 0.716. The monoisotopic (exact) mass is 405 g/mol. The first-order valence-corrected chi connectivity index (χ1v) is 7.88. The fraction of sp³-hybridized carbons (Fsp3) is 0.333. The Hall–Kier alpha value is -2.32. The molecule has 2 aromatic carbocycles. The van der Waals surface area contributed by atoms with Crippen LogP contribution in [0, 0.1) is 0 Å². The first kappa shape index (κ1) is 21.0. The average Bonchev–Trinajstić information content (AvgIpc) is 2.57. The van der Waals surface area contributed by atoms with Crippen molar-refractivity contribution in [2.24, 2.45) is 0 Å². The number of rotatable bonds is 6. The predicted molar refractivity (Wildman–Crippen MR) is 96.2 cm³/mol. The van der Waals surface area contributed by atoms with E-state index in [4.69, 9.17) is 14.2 Å². The van der Waals surface area contributed by atoms with E-state index in [0.717, 1.165) is 0 Å². The molecule has 0 saturated carbocycles. The number of halogens is 4. The normalized spacial score (nSPS) is 14.0. The van der Waals surface area contributed by atoms with Crippen LogP contribution in [0.1, 0.15) is 0 Å². The van der Waals surface area contributed by atoms with Gasteiger partial charge in [0.1, 0.15) is 17.6 Å². The first-order valence-electron chi connectivity index (χ1n) is 7.88. The molecule has 1 heterocycles. The molecule has 1 aliphatic heterocycles. The van der Waals surface area contributed by atoms with Gasteiger partial charge in [-0.3, -0.25) is 0 Å². The maximum Gasteiger partial charge on any atom is 0.573 e. The van der Waals surface area contributed by atoms with Crippen LogP contribution in [0.25, 0.3) is 11.1 Å². The number of benzene rings is 2. The molecule has 0 unspecified atom stereocenters. The summed E-state index contributed by atoms with van der Waals surface area (Å²) in [7, 11) is 3.00. The molecule has 0 amide bonds. The van der Waals surface area contributed by atoms with Crippen LogP contribution in [0.15, 0.2) is 36.4 Å². The molecule has 0 aromatic heterocycles. The number of nitrogens with one attached hydrogen (secondary N) is 1.